The van der Waals surface area contributed by atoms with Crippen LogP contribution in [0.3, 0.4) is 0 Å². The van der Waals surface area contributed by atoms with Crippen molar-refractivity contribution in [2.75, 3.05) is 13.7 Å². The Morgan fingerprint density at radius 2 is 2.13 bits per heavy atom. The van der Waals surface area contributed by atoms with Gasteiger partial charge in [0.15, 0.2) is 0 Å². The molecule has 0 saturated carbocycles. The summed E-state index contributed by atoms with van der Waals surface area (Å²) in [6.07, 6.45) is 3.90. The van der Waals surface area contributed by atoms with E-state index >= 15 is 0 Å². The first kappa shape index (κ1) is 12.5. The maximum atomic E-state index is 11.8. The number of rotatable bonds is 3. The summed E-state index contributed by atoms with van der Waals surface area (Å²) in [7, 11) is 1.47. The summed E-state index contributed by atoms with van der Waals surface area (Å²) >= 11 is 0. The Labute approximate surface area is 92.6 Å². The molecular weight excluding hydrogens is 190 g/mol. The lowest BCUT2D eigenvalue weighted by Gasteiger charge is -2.29. The highest BCUT2D eigenvalue weighted by atomic mass is 16.5. The highest BCUT2D eigenvalue weighted by Crippen LogP contribution is 2.31. The number of hydrogen-bond donors (Lipinski definition) is 1. The van der Waals surface area contributed by atoms with Crippen molar-refractivity contribution in [2.45, 2.75) is 52.0 Å². The lowest BCUT2D eigenvalue weighted by Crippen LogP contribution is -2.48. The van der Waals surface area contributed by atoms with Crippen molar-refractivity contribution in [3.8, 4) is 0 Å². The van der Waals surface area contributed by atoms with Gasteiger partial charge in [0.1, 0.15) is 5.54 Å². The van der Waals surface area contributed by atoms with Gasteiger partial charge in [0.25, 0.3) is 0 Å². The molecule has 3 heteroatoms. The minimum atomic E-state index is -0.401. The zero-order valence-corrected chi connectivity index (χ0v) is 10.4. The highest BCUT2D eigenvalue weighted by Gasteiger charge is 2.42. The summed E-state index contributed by atoms with van der Waals surface area (Å²) in [5.41, 5.74) is -0.132. The van der Waals surface area contributed by atoms with Crippen molar-refractivity contribution in [2.24, 2.45) is 5.41 Å². The molecule has 0 amide bonds. The van der Waals surface area contributed by atoms with Crippen LogP contribution in [0.2, 0.25) is 0 Å². The topological polar surface area (TPSA) is 38.3 Å². The number of ether oxygens (including phenoxy) is 1. The molecule has 1 unspecified atom stereocenters. The summed E-state index contributed by atoms with van der Waals surface area (Å²) in [5.74, 6) is -0.0933. The number of hydrogen-bond acceptors (Lipinski definition) is 3. The molecule has 1 atom stereocenters. The molecule has 15 heavy (non-hydrogen) atoms. The van der Waals surface area contributed by atoms with Gasteiger partial charge in [-0.1, -0.05) is 20.8 Å². The number of nitrogens with one attached hydrogen (secondary N) is 1. The molecule has 3 nitrogen and oxygen atoms in total. The van der Waals surface area contributed by atoms with Crippen molar-refractivity contribution in [3.05, 3.63) is 0 Å². The van der Waals surface area contributed by atoms with E-state index in [4.69, 9.17) is 4.74 Å². The summed E-state index contributed by atoms with van der Waals surface area (Å²) in [5, 5.41) is 3.32. The number of carbonyl (C=O) groups excluding carboxylic acids is 1. The zero-order chi connectivity index (χ0) is 11.5. The predicted octanol–water partition coefficient (Wildman–Crippen LogP) is 2.11. The maximum absolute atomic E-state index is 11.8. The van der Waals surface area contributed by atoms with E-state index in [1.807, 2.05) is 0 Å². The summed E-state index contributed by atoms with van der Waals surface area (Å²) in [4.78, 5) is 11.8. The third-order valence-electron chi connectivity index (χ3n) is 3.12. The molecular formula is C12H23NO2. The second kappa shape index (κ2) is 4.52. The normalized spacial score (nSPS) is 26.7. The van der Waals surface area contributed by atoms with Crippen molar-refractivity contribution < 1.29 is 9.53 Å². The van der Waals surface area contributed by atoms with E-state index in [-0.39, 0.29) is 11.4 Å². The zero-order valence-electron chi connectivity index (χ0n) is 10.4. The number of methoxy groups -OCH3 is 1. The Kier molecular flexibility index (Phi) is 3.77. The Balaban J connectivity index is 2.62. The fourth-order valence-corrected chi connectivity index (χ4v) is 2.08. The van der Waals surface area contributed by atoms with Crippen LogP contribution in [0, 0.1) is 5.41 Å². The molecule has 1 rings (SSSR count). The number of esters is 1. The van der Waals surface area contributed by atoms with E-state index in [0.29, 0.717) is 0 Å². The smallest absolute Gasteiger partial charge is 0.326 e. The molecule has 1 aliphatic rings. The van der Waals surface area contributed by atoms with Crippen LogP contribution in [0.1, 0.15) is 46.5 Å². The van der Waals surface area contributed by atoms with Crippen LogP contribution >= 0.6 is 0 Å². The lowest BCUT2D eigenvalue weighted by atomic mass is 9.82. The quantitative estimate of drug-likeness (QED) is 0.730. The average molecular weight is 213 g/mol. The molecule has 1 heterocycles. The Morgan fingerprint density at radius 1 is 1.47 bits per heavy atom. The van der Waals surface area contributed by atoms with Crippen LogP contribution in [0.25, 0.3) is 0 Å². The van der Waals surface area contributed by atoms with Crippen LogP contribution in [0.4, 0.5) is 0 Å². The molecule has 0 aromatic heterocycles. The predicted molar refractivity (Wildman–Crippen MR) is 60.7 cm³/mol. The van der Waals surface area contributed by atoms with Crippen LogP contribution in [0.5, 0.6) is 0 Å². The highest BCUT2D eigenvalue weighted by molar-refractivity contribution is 5.81. The molecule has 1 fully saturated rings. The van der Waals surface area contributed by atoms with Gasteiger partial charge >= 0.3 is 5.97 Å². The third kappa shape index (κ3) is 3.20. The van der Waals surface area contributed by atoms with Crippen LogP contribution < -0.4 is 5.32 Å². The molecule has 0 aromatic carbocycles. The van der Waals surface area contributed by atoms with Gasteiger partial charge in [-0.3, -0.25) is 4.79 Å². The van der Waals surface area contributed by atoms with Gasteiger partial charge in [0.2, 0.25) is 0 Å². The minimum absolute atomic E-state index is 0.0933. The van der Waals surface area contributed by atoms with E-state index in [9.17, 15) is 4.79 Å². The van der Waals surface area contributed by atoms with Crippen molar-refractivity contribution in [3.63, 3.8) is 0 Å². The Morgan fingerprint density at radius 3 is 2.53 bits per heavy atom. The van der Waals surface area contributed by atoms with Gasteiger partial charge < -0.3 is 10.1 Å². The largest absolute Gasteiger partial charge is 0.468 e. The third-order valence-corrected chi connectivity index (χ3v) is 3.12. The summed E-state index contributed by atoms with van der Waals surface area (Å²) in [6, 6.07) is 0. The first-order chi connectivity index (χ1) is 6.90. The SMILES string of the molecule is COC(=O)C1(CCC(C)(C)C)CCCN1. The van der Waals surface area contributed by atoms with Crippen LogP contribution in [0.15, 0.2) is 0 Å². The van der Waals surface area contributed by atoms with E-state index < -0.39 is 5.54 Å². The molecule has 1 aliphatic heterocycles. The minimum Gasteiger partial charge on any atom is -0.468 e. The molecule has 0 bridgehead atoms. The monoisotopic (exact) mass is 213 g/mol. The van der Waals surface area contributed by atoms with Crippen LogP contribution in [-0.4, -0.2) is 25.2 Å². The van der Waals surface area contributed by atoms with Gasteiger partial charge in [0, 0.05) is 0 Å². The van der Waals surface area contributed by atoms with Gasteiger partial charge in [-0.15, -0.1) is 0 Å². The Bertz CT molecular complexity index is 224. The van der Waals surface area contributed by atoms with Crippen molar-refractivity contribution in [1.82, 2.24) is 5.32 Å². The molecule has 88 valence electrons. The second-order valence-corrected chi connectivity index (χ2v) is 5.66. The lowest BCUT2D eigenvalue weighted by molar-refractivity contribution is -0.148. The van der Waals surface area contributed by atoms with E-state index in [2.05, 4.69) is 26.1 Å². The summed E-state index contributed by atoms with van der Waals surface area (Å²) in [6.45, 7) is 7.53. The van der Waals surface area contributed by atoms with Crippen molar-refractivity contribution in [1.29, 1.82) is 0 Å². The average Bonchev–Trinajstić information content (AvgIpc) is 2.62. The fourth-order valence-electron chi connectivity index (χ4n) is 2.08. The summed E-state index contributed by atoms with van der Waals surface area (Å²) < 4.78 is 4.90. The van der Waals surface area contributed by atoms with Crippen molar-refractivity contribution >= 4 is 5.97 Å². The van der Waals surface area contributed by atoms with E-state index in [1.165, 1.54) is 7.11 Å². The van der Waals surface area contributed by atoms with Gasteiger partial charge in [0.05, 0.1) is 7.11 Å². The molecule has 0 radical (unpaired) electrons. The van der Waals surface area contributed by atoms with Gasteiger partial charge in [-0.25, -0.2) is 0 Å². The fraction of sp³-hybridized carbons (Fsp3) is 0.917. The van der Waals surface area contributed by atoms with Gasteiger partial charge in [-0.05, 0) is 37.6 Å². The Hall–Kier alpha value is -0.570. The van der Waals surface area contributed by atoms with Gasteiger partial charge in [-0.2, -0.15) is 0 Å². The molecule has 0 spiro atoms. The number of carbonyl (C=O) groups is 1. The van der Waals surface area contributed by atoms with E-state index in [0.717, 1.165) is 32.2 Å². The molecule has 1 saturated heterocycles. The maximum Gasteiger partial charge on any atom is 0.326 e. The first-order valence-corrected chi connectivity index (χ1v) is 5.73. The van der Waals surface area contributed by atoms with Crippen LogP contribution in [-0.2, 0) is 9.53 Å². The second-order valence-electron chi connectivity index (χ2n) is 5.66. The molecule has 0 aromatic rings. The molecule has 0 aliphatic carbocycles. The van der Waals surface area contributed by atoms with E-state index in [1.54, 1.807) is 0 Å². The first-order valence-electron chi connectivity index (χ1n) is 5.73. The standard InChI is InChI=1S/C12H23NO2/c1-11(2,3)7-8-12(10(14)15-4)6-5-9-13-12/h13H,5-9H2,1-4H3. The molecule has 1 N–H and O–H groups in total.